The molecule has 0 aliphatic heterocycles. The topological polar surface area (TPSA) is 61.2 Å². The molecule has 2 aromatic carbocycles. The Morgan fingerprint density at radius 1 is 1.17 bits per heavy atom. The number of benzene rings is 2. The lowest BCUT2D eigenvalue weighted by molar-refractivity contribution is 0.0739. The van der Waals surface area contributed by atoms with Crippen LogP contribution in [0.1, 0.15) is 33.3 Å². The maximum absolute atomic E-state index is 13.1. The number of hydrogen-bond acceptors (Lipinski definition) is 5. The molecular formula is C23H19ClN2O3S. The number of aromatic nitrogens is 2. The number of aryl methyl sites for hydroxylation is 2. The van der Waals surface area contributed by atoms with E-state index in [1.807, 2.05) is 30.3 Å². The third kappa shape index (κ3) is 3.88. The van der Waals surface area contributed by atoms with Crippen LogP contribution in [0.25, 0.3) is 10.2 Å². The van der Waals surface area contributed by atoms with Crippen molar-refractivity contribution in [1.82, 2.24) is 9.55 Å². The van der Waals surface area contributed by atoms with E-state index in [0.717, 1.165) is 17.5 Å². The van der Waals surface area contributed by atoms with Crippen LogP contribution < -0.4 is 10.3 Å². The first-order chi connectivity index (χ1) is 14.5. The molecule has 2 heterocycles. The van der Waals surface area contributed by atoms with Crippen molar-refractivity contribution in [2.45, 2.75) is 26.8 Å². The largest absolute Gasteiger partial charge is 0.422 e. The zero-order valence-electron chi connectivity index (χ0n) is 16.5. The summed E-state index contributed by atoms with van der Waals surface area (Å²) in [5.74, 6) is -0.0186. The Kier molecular flexibility index (Phi) is 5.70. The SMILES string of the molecule is CCc1ccc(OC(=O)c2sc3ncn(Cc4ccccc4Cl)c(=O)c3c2C)cc1. The Morgan fingerprint density at radius 3 is 2.60 bits per heavy atom. The van der Waals surface area contributed by atoms with Gasteiger partial charge in [-0.05, 0) is 48.2 Å². The van der Waals surface area contributed by atoms with Gasteiger partial charge in [-0.1, -0.05) is 48.9 Å². The smallest absolute Gasteiger partial charge is 0.354 e. The minimum Gasteiger partial charge on any atom is -0.422 e. The van der Waals surface area contributed by atoms with Crippen molar-refractivity contribution in [2.24, 2.45) is 0 Å². The van der Waals surface area contributed by atoms with E-state index in [4.69, 9.17) is 16.3 Å². The molecule has 0 saturated heterocycles. The van der Waals surface area contributed by atoms with Crippen LogP contribution in [0.15, 0.2) is 59.7 Å². The second-order valence-corrected chi connectivity index (χ2v) is 8.30. The van der Waals surface area contributed by atoms with E-state index in [2.05, 4.69) is 11.9 Å². The first kappa shape index (κ1) is 20.3. The van der Waals surface area contributed by atoms with Gasteiger partial charge in [0.05, 0.1) is 18.3 Å². The van der Waals surface area contributed by atoms with Crippen molar-refractivity contribution in [2.75, 3.05) is 0 Å². The Hall–Kier alpha value is -2.96. The van der Waals surface area contributed by atoms with Crippen LogP contribution in [-0.4, -0.2) is 15.5 Å². The van der Waals surface area contributed by atoms with Gasteiger partial charge in [0, 0.05) is 5.02 Å². The first-order valence-corrected chi connectivity index (χ1v) is 10.7. The second-order valence-electron chi connectivity index (χ2n) is 6.89. The van der Waals surface area contributed by atoms with Crippen LogP contribution in [0.3, 0.4) is 0 Å². The predicted octanol–water partition coefficient (Wildman–Crippen LogP) is 5.25. The van der Waals surface area contributed by atoms with E-state index in [1.54, 1.807) is 25.1 Å². The summed E-state index contributed by atoms with van der Waals surface area (Å²) >= 11 is 7.39. The Balaban J connectivity index is 1.66. The number of halogens is 1. The monoisotopic (exact) mass is 438 g/mol. The molecule has 0 spiro atoms. The summed E-state index contributed by atoms with van der Waals surface area (Å²) in [6, 6.07) is 14.8. The molecule has 0 fully saturated rings. The summed E-state index contributed by atoms with van der Waals surface area (Å²) < 4.78 is 7.01. The van der Waals surface area contributed by atoms with Gasteiger partial charge >= 0.3 is 5.97 Å². The Bertz CT molecular complexity index is 1290. The van der Waals surface area contributed by atoms with E-state index in [9.17, 15) is 9.59 Å². The molecule has 0 saturated carbocycles. The minimum atomic E-state index is -0.489. The number of esters is 1. The molecule has 0 aliphatic carbocycles. The van der Waals surface area contributed by atoms with Gasteiger partial charge in [-0.25, -0.2) is 9.78 Å². The summed E-state index contributed by atoms with van der Waals surface area (Å²) in [4.78, 5) is 31.1. The molecule has 4 aromatic rings. The van der Waals surface area contributed by atoms with Crippen LogP contribution in [0.4, 0.5) is 0 Å². The van der Waals surface area contributed by atoms with Crippen LogP contribution in [-0.2, 0) is 13.0 Å². The standard InChI is InChI=1S/C23H19ClN2O3S/c1-3-15-8-10-17(11-9-15)29-23(28)20-14(2)19-21(30-20)25-13-26(22(19)27)12-16-6-4-5-7-18(16)24/h4-11,13H,3,12H2,1-2H3. The van der Waals surface area contributed by atoms with Gasteiger partial charge in [0.15, 0.2) is 0 Å². The molecule has 30 heavy (non-hydrogen) atoms. The van der Waals surface area contributed by atoms with Crippen LogP contribution in [0, 0.1) is 6.92 Å². The van der Waals surface area contributed by atoms with E-state index in [0.29, 0.717) is 38.0 Å². The van der Waals surface area contributed by atoms with E-state index < -0.39 is 5.97 Å². The van der Waals surface area contributed by atoms with Crippen LogP contribution in [0.2, 0.25) is 5.02 Å². The van der Waals surface area contributed by atoms with Crippen molar-refractivity contribution >= 4 is 39.1 Å². The first-order valence-electron chi connectivity index (χ1n) is 9.51. The summed E-state index contributed by atoms with van der Waals surface area (Å²) in [6.45, 7) is 4.12. The molecule has 152 valence electrons. The van der Waals surface area contributed by atoms with E-state index >= 15 is 0 Å². The van der Waals surface area contributed by atoms with Crippen molar-refractivity contribution < 1.29 is 9.53 Å². The van der Waals surface area contributed by atoms with Gasteiger partial charge in [-0.3, -0.25) is 9.36 Å². The molecule has 0 atom stereocenters. The highest BCUT2D eigenvalue weighted by Crippen LogP contribution is 2.28. The zero-order valence-corrected chi connectivity index (χ0v) is 18.1. The van der Waals surface area contributed by atoms with Gasteiger partial charge in [0.2, 0.25) is 0 Å². The molecule has 0 unspecified atom stereocenters. The highest BCUT2D eigenvalue weighted by atomic mass is 35.5. The summed E-state index contributed by atoms with van der Waals surface area (Å²) in [6.07, 6.45) is 2.40. The van der Waals surface area contributed by atoms with E-state index in [-0.39, 0.29) is 5.56 Å². The Labute approximate surface area is 182 Å². The summed E-state index contributed by atoms with van der Waals surface area (Å²) in [5.41, 5.74) is 2.36. The molecular weight excluding hydrogens is 420 g/mol. The summed E-state index contributed by atoms with van der Waals surface area (Å²) in [7, 11) is 0. The molecule has 7 heteroatoms. The van der Waals surface area contributed by atoms with Gasteiger partial charge in [-0.15, -0.1) is 11.3 Å². The van der Waals surface area contributed by atoms with Crippen molar-refractivity contribution in [3.05, 3.63) is 91.8 Å². The Morgan fingerprint density at radius 2 is 1.90 bits per heavy atom. The number of carbonyl (C=O) groups excluding carboxylic acids is 1. The molecule has 0 amide bonds. The molecule has 0 radical (unpaired) electrons. The maximum Gasteiger partial charge on any atom is 0.354 e. The molecule has 0 aliphatic rings. The second kappa shape index (κ2) is 8.42. The van der Waals surface area contributed by atoms with Crippen molar-refractivity contribution in [3.8, 4) is 5.75 Å². The quantitative estimate of drug-likeness (QED) is 0.315. The number of carbonyl (C=O) groups is 1. The van der Waals surface area contributed by atoms with Gasteiger partial charge in [0.25, 0.3) is 5.56 Å². The highest BCUT2D eigenvalue weighted by molar-refractivity contribution is 7.20. The molecule has 0 N–H and O–H groups in total. The van der Waals surface area contributed by atoms with E-state index in [1.165, 1.54) is 22.2 Å². The molecule has 4 rings (SSSR count). The third-order valence-corrected chi connectivity index (χ3v) is 6.49. The minimum absolute atomic E-state index is 0.208. The fourth-order valence-corrected chi connectivity index (χ4v) is 4.43. The lowest BCUT2D eigenvalue weighted by Crippen LogP contribution is -2.21. The van der Waals surface area contributed by atoms with Gasteiger partial charge in [0.1, 0.15) is 15.5 Å². The number of thiophene rings is 1. The third-order valence-electron chi connectivity index (χ3n) is 4.94. The number of hydrogen-bond donors (Lipinski definition) is 0. The lowest BCUT2D eigenvalue weighted by Gasteiger charge is -2.07. The maximum atomic E-state index is 13.1. The fourth-order valence-electron chi connectivity index (χ4n) is 3.22. The number of nitrogens with zero attached hydrogens (tertiary/aromatic N) is 2. The molecule has 5 nitrogen and oxygen atoms in total. The van der Waals surface area contributed by atoms with Crippen LogP contribution >= 0.6 is 22.9 Å². The number of rotatable bonds is 5. The predicted molar refractivity (Wildman–Crippen MR) is 120 cm³/mol. The fraction of sp³-hybridized carbons (Fsp3) is 0.174. The molecule has 2 aromatic heterocycles. The number of ether oxygens (including phenoxy) is 1. The molecule has 0 bridgehead atoms. The van der Waals surface area contributed by atoms with Gasteiger partial charge < -0.3 is 4.74 Å². The van der Waals surface area contributed by atoms with Crippen molar-refractivity contribution in [1.29, 1.82) is 0 Å². The normalized spacial score (nSPS) is 11.0. The zero-order chi connectivity index (χ0) is 21.3. The van der Waals surface area contributed by atoms with Crippen LogP contribution in [0.5, 0.6) is 5.75 Å². The average molecular weight is 439 g/mol. The lowest BCUT2D eigenvalue weighted by atomic mass is 10.2. The average Bonchev–Trinajstić information content (AvgIpc) is 3.09. The summed E-state index contributed by atoms with van der Waals surface area (Å²) in [5, 5.41) is 1.02. The highest BCUT2D eigenvalue weighted by Gasteiger charge is 2.21. The van der Waals surface area contributed by atoms with Crippen molar-refractivity contribution in [3.63, 3.8) is 0 Å². The van der Waals surface area contributed by atoms with Gasteiger partial charge in [-0.2, -0.15) is 0 Å². The number of fused-ring (bicyclic) bond motifs is 1.